The van der Waals surface area contributed by atoms with Gasteiger partial charge in [-0.05, 0) is 89.9 Å². The van der Waals surface area contributed by atoms with Crippen molar-refractivity contribution >= 4 is 5.91 Å². The first kappa shape index (κ1) is 66.5. The Balaban J connectivity index is 1.55. The minimum absolute atomic E-state index is 0.240. The third-order valence-corrected chi connectivity index (χ3v) is 12.7. The van der Waals surface area contributed by atoms with Crippen LogP contribution in [0.5, 0.6) is 0 Å². The summed E-state index contributed by atoms with van der Waals surface area (Å²) in [6, 6.07) is -0.841. The lowest BCUT2D eigenvalue weighted by atomic mass is 9.97. The van der Waals surface area contributed by atoms with Gasteiger partial charge in [-0.3, -0.25) is 4.79 Å². The van der Waals surface area contributed by atoms with Crippen LogP contribution in [0.15, 0.2) is 122 Å². The molecule has 0 aromatic heterocycles. The van der Waals surface area contributed by atoms with E-state index in [0.29, 0.717) is 12.8 Å². The summed E-state index contributed by atoms with van der Waals surface area (Å²) in [5.41, 5.74) is 0. The van der Waals surface area contributed by atoms with Gasteiger partial charge < -0.3 is 65.1 Å². The Labute approximate surface area is 444 Å². The van der Waals surface area contributed by atoms with E-state index in [1.165, 1.54) is 0 Å². The molecule has 74 heavy (non-hydrogen) atoms. The summed E-state index contributed by atoms with van der Waals surface area (Å²) in [4.78, 5) is 13.0. The van der Waals surface area contributed by atoms with E-state index in [9.17, 15) is 45.6 Å². The Kier molecular flexibility index (Phi) is 40.0. The summed E-state index contributed by atoms with van der Waals surface area (Å²) in [5.74, 6) is -0.240. The number of allylic oxidation sites excluding steroid dienone is 20. The topological polar surface area (TPSA) is 228 Å². The van der Waals surface area contributed by atoms with Gasteiger partial charge in [0.25, 0.3) is 0 Å². The van der Waals surface area contributed by atoms with Gasteiger partial charge in [0.1, 0.15) is 48.8 Å². The largest absolute Gasteiger partial charge is 0.394 e. The number of unbranched alkanes of at least 4 members (excludes halogenated alkanes) is 8. The Hall–Kier alpha value is -3.61. The molecule has 2 saturated heterocycles. The molecule has 2 aliphatic rings. The summed E-state index contributed by atoms with van der Waals surface area (Å²) in [6.45, 7) is 2.51. The van der Waals surface area contributed by atoms with Crippen molar-refractivity contribution in [3.05, 3.63) is 122 Å². The highest BCUT2D eigenvalue weighted by Crippen LogP contribution is 2.30. The Bertz CT molecular complexity index is 1700. The van der Waals surface area contributed by atoms with Crippen molar-refractivity contribution in [3.8, 4) is 0 Å². The van der Waals surface area contributed by atoms with Crippen LogP contribution < -0.4 is 5.32 Å². The molecule has 2 aliphatic heterocycles. The molecular weight excluding hydrogens is 943 g/mol. The average molecular weight is 1040 g/mol. The van der Waals surface area contributed by atoms with Crippen molar-refractivity contribution in [1.29, 1.82) is 0 Å². The molecule has 14 heteroatoms. The molecule has 2 rings (SSSR count). The molecule has 0 radical (unpaired) electrons. The second kappa shape index (κ2) is 44.5. The number of amides is 1. The van der Waals surface area contributed by atoms with Crippen molar-refractivity contribution in [3.63, 3.8) is 0 Å². The predicted octanol–water partition coefficient (Wildman–Crippen LogP) is 8.66. The van der Waals surface area contributed by atoms with E-state index in [4.69, 9.17) is 18.9 Å². The minimum Gasteiger partial charge on any atom is -0.394 e. The number of hydrogen-bond acceptors (Lipinski definition) is 13. The van der Waals surface area contributed by atoms with E-state index in [-0.39, 0.29) is 18.9 Å². The number of ether oxygens (including phenoxy) is 4. The van der Waals surface area contributed by atoms with Gasteiger partial charge in [-0.15, -0.1) is 0 Å². The standard InChI is InChI=1S/C60H97NO13/c1-3-5-7-8-9-10-11-12-13-14-15-16-17-18-19-20-21-22-23-24-25-26-27-28-29-30-31-32-33-34-35-36-37-38-39-40-42-44-52(65)61-48(49(64)43-41-6-4-2)47-71-59-57(70)55(68)58(51(46-63)73-59)74-60-56(69)54(67)53(66)50(45-62)72-60/h5,7,9-10,12-13,15-16,18-19,21-22,24-25,27-28,30-31,33-34,48-51,53-60,62-64,66-70H,3-4,6,8,11,14,17,20,23,26,29,32,35-47H2,1-2H3,(H,61,65)/b7-5-,10-9-,13-12-,16-15-,19-18-,22-21-,25-24-,28-27-,31-30-,34-33-. The maximum atomic E-state index is 13.0. The molecule has 0 aromatic carbocycles. The van der Waals surface area contributed by atoms with Crippen LogP contribution in [0.2, 0.25) is 0 Å². The molecule has 2 heterocycles. The first-order valence-corrected chi connectivity index (χ1v) is 27.8. The van der Waals surface area contributed by atoms with Crippen molar-refractivity contribution in [2.45, 2.75) is 229 Å². The van der Waals surface area contributed by atoms with Gasteiger partial charge in [0.2, 0.25) is 5.91 Å². The summed E-state index contributed by atoms with van der Waals surface area (Å²) in [5, 5.41) is 86.1. The number of carbonyl (C=O) groups excluding carboxylic acids is 1. The van der Waals surface area contributed by atoms with Crippen LogP contribution in [0.3, 0.4) is 0 Å². The minimum atomic E-state index is -1.79. The Morgan fingerprint density at radius 2 is 0.932 bits per heavy atom. The number of aliphatic hydroxyl groups excluding tert-OH is 8. The quantitative estimate of drug-likeness (QED) is 0.0207. The van der Waals surface area contributed by atoms with Crippen LogP contribution in [0.4, 0.5) is 0 Å². The van der Waals surface area contributed by atoms with Crippen molar-refractivity contribution in [2.75, 3.05) is 19.8 Å². The number of nitrogens with one attached hydrogen (secondary N) is 1. The molecular formula is C60H97NO13. The van der Waals surface area contributed by atoms with Crippen LogP contribution in [-0.4, -0.2) is 140 Å². The van der Waals surface area contributed by atoms with E-state index in [0.717, 1.165) is 122 Å². The number of hydrogen-bond donors (Lipinski definition) is 9. The zero-order chi connectivity index (χ0) is 53.9. The highest BCUT2D eigenvalue weighted by molar-refractivity contribution is 5.76. The van der Waals surface area contributed by atoms with E-state index < -0.39 is 86.8 Å². The van der Waals surface area contributed by atoms with E-state index in [1.54, 1.807) is 0 Å². The van der Waals surface area contributed by atoms with Crippen molar-refractivity contribution < 1.29 is 64.6 Å². The second-order valence-electron chi connectivity index (χ2n) is 19.0. The molecule has 1 amide bonds. The first-order valence-electron chi connectivity index (χ1n) is 27.8. The Morgan fingerprint density at radius 3 is 1.41 bits per heavy atom. The fraction of sp³-hybridized carbons (Fsp3) is 0.650. The normalized spacial score (nSPS) is 26.2. The molecule has 12 atom stereocenters. The Morgan fingerprint density at radius 1 is 0.500 bits per heavy atom. The molecule has 12 unspecified atom stereocenters. The molecule has 14 nitrogen and oxygen atoms in total. The third kappa shape index (κ3) is 30.2. The van der Waals surface area contributed by atoms with E-state index >= 15 is 0 Å². The number of carbonyl (C=O) groups is 1. The van der Waals surface area contributed by atoms with Crippen LogP contribution in [-0.2, 0) is 23.7 Å². The lowest BCUT2D eigenvalue weighted by Crippen LogP contribution is -2.65. The van der Waals surface area contributed by atoms with Crippen molar-refractivity contribution in [1.82, 2.24) is 5.32 Å². The maximum absolute atomic E-state index is 13.0. The van der Waals surface area contributed by atoms with Gasteiger partial charge in [-0.25, -0.2) is 0 Å². The first-order chi connectivity index (χ1) is 36.1. The van der Waals surface area contributed by atoms with Gasteiger partial charge in [0, 0.05) is 6.42 Å². The number of rotatable bonds is 41. The van der Waals surface area contributed by atoms with Gasteiger partial charge in [-0.1, -0.05) is 180 Å². The molecule has 0 spiro atoms. The zero-order valence-corrected chi connectivity index (χ0v) is 44.8. The molecule has 420 valence electrons. The summed E-state index contributed by atoms with van der Waals surface area (Å²) in [7, 11) is 0. The molecule has 0 bridgehead atoms. The monoisotopic (exact) mass is 1040 g/mol. The highest BCUT2D eigenvalue weighted by Gasteiger charge is 2.51. The van der Waals surface area contributed by atoms with Crippen molar-refractivity contribution in [2.24, 2.45) is 0 Å². The summed E-state index contributed by atoms with van der Waals surface area (Å²) >= 11 is 0. The lowest BCUT2D eigenvalue weighted by Gasteiger charge is -2.46. The third-order valence-electron chi connectivity index (χ3n) is 12.7. The van der Waals surface area contributed by atoms with Gasteiger partial charge >= 0.3 is 0 Å². The maximum Gasteiger partial charge on any atom is 0.220 e. The van der Waals surface area contributed by atoms with Crippen LogP contribution in [0.25, 0.3) is 0 Å². The summed E-state index contributed by atoms with van der Waals surface area (Å²) < 4.78 is 22.5. The van der Waals surface area contributed by atoms with Gasteiger partial charge in [0.15, 0.2) is 12.6 Å². The molecule has 0 saturated carbocycles. The second-order valence-corrected chi connectivity index (χ2v) is 19.0. The smallest absolute Gasteiger partial charge is 0.220 e. The molecule has 0 aliphatic carbocycles. The van der Waals surface area contributed by atoms with E-state index in [1.807, 2.05) is 6.92 Å². The SMILES string of the molecule is CC/C=C\C/C=C\C/C=C\C/C=C\C/C=C\C/C=C\C/C=C\C/C=C\C/C=C\C/C=C\CCCCCCCCC(=O)NC(COC1OC(CO)C(OC2OC(CO)C(O)C(O)C2O)C(O)C1O)C(O)CCCCC. The fourth-order valence-electron chi connectivity index (χ4n) is 8.20. The molecule has 0 aromatic rings. The zero-order valence-electron chi connectivity index (χ0n) is 44.8. The molecule has 2 fully saturated rings. The van der Waals surface area contributed by atoms with Crippen LogP contribution in [0.1, 0.15) is 155 Å². The van der Waals surface area contributed by atoms with E-state index in [2.05, 4.69) is 134 Å². The fourth-order valence-corrected chi connectivity index (χ4v) is 8.20. The van der Waals surface area contributed by atoms with Gasteiger partial charge in [0.05, 0.1) is 32.0 Å². The van der Waals surface area contributed by atoms with Gasteiger partial charge in [-0.2, -0.15) is 0 Å². The average Bonchev–Trinajstić information content (AvgIpc) is 3.40. The number of aliphatic hydroxyl groups is 8. The van der Waals surface area contributed by atoms with Crippen LogP contribution >= 0.6 is 0 Å². The molecule has 9 N–H and O–H groups in total. The predicted molar refractivity (Wildman–Crippen MR) is 295 cm³/mol. The highest BCUT2D eigenvalue weighted by atomic mass is 16.7. The summed E-state index contributed by atoms with van der Waals surface area (Å²) in [6.07, 6.45) is 47.6. The lowest BCUT2D eigenvalue weighted by molar-refractivity contribution is -0.359. The van der Waals surface area contributed by atoms with Crippen LogP contribution in [0, 0.1) is 0 Å².